The van der Waals surface area contributed by atoms with Crippen LogP contribution < -0.4 is 0 Å². The molecule has 0 heterocycles. The van der Waals surface area contributed by atoms with Crippen LogP contribution in [0.25, 0.3) is 0 Å². The van der Waals surface area contributed by atoms with Crippen molar-refractivity contribution in [3.8, 4) is 0 Å². The Labute approximate surface area is 68.3 Å². The van der Waals surface area contributed by atoms with E-state index in [1.165, 1.54) is 14.2 Å². The van der Waals surface area contributed by atoms with Crippen molar-refractivity contribution in [2.45, 2.75) is 18.2 Å². The van der Waals surface area contributed by atoms with Crippen molar-refractivity contribution in [3.05, 3.63) is 0 Å². The maximum absolute atomic E-state index is 9.28. The SMILES string of the molecule is COC(OC)C(O)C(O)PC. The van der Waals surface area contributed by atoms with Gasteiger partial charge in [0.1, 0.15) is 11.9 Å². The fraction of sp³-hybridized carbons (Fsp3) is 1.00. The van der Waals surface area contributed by atoms with E-state index in [2.05, 4.69) is 0 Å². The van der Waals surface area contributed by atoms with Crippen molar-refractivity contribution in [2.75, 3.05) is 20.9 Å². The van der Waals surface area contributed by atoms with Gasteiger partial charge < -0.3 is 19.7 Å². The Morgan fingerprint density at radius 2 is 1.64 bits per heavy atom. The van der Waals surface area contributed by atoms with Gasteiger partial charge in [0.2, 0.25) is 0 Å². The molecule has 0 aliphatic heterocycles. The molecule has 5 heteroatoms. The van der Waals surface area contributed by atoms with E-state index in [0.717, 1.165) is 0 Å². The molecule has 0 rings (SSSR count). The Balaban J connectivity index is 3.86. The molecule has 0 aliphatic carbocycles. The number of methoxy groups -OCH3 is 2. The molecule has 2 N–H and O–H groups in total. The summed E-state index contributed by atoms with van der Waals surface area (Å²) in [5, 5.41) is 18.4. The molecule has 4 nitrogen and oxygen atoms in total. The zero-order chi connectivity index (χ0) is 8.85. The molecule has 3 atom stereocenters. The van der Waals surface area contributed by atoms with E-state index in [1.807, 2.05) is 0 Å². The third-order valence-corrected chi connectivity index (χ3v) is 2.30. The van der Waals surface area contributed by atoms with Gasteiger partial charge in [-0.25, -0.2) is 0 Å². The van der Waals surface area contributed by atoms with Crippen LogP contribution in [0.5, 0.6) is 0 Å². The third-order valence-electron chi connectivity index (χ3n) is 1.36. The van der Waals surface area contributed by atoms with Crippen molar-refractivity contribution in [3.63, 3.8) is 0 Å². The first kappa shape index (κ1) is 11.3. The minimum Gasteiger partial charge on any atom is -0.386 e. The molecule has 0 saturated carbocycles. The second-order valence-corrected chi connectivity index (χ2v) is 3.23. The average Bonchev–Trinajstić information content (AvgIpc) is 2.05. The molecular weight excluding hydrogens is 167 g/mol. The summed E-state index contributed by atoms with van der Waals surface area (Å²) in [6.45, 7) is 1.80. The minimum atomic E-state index is -0.965. The summed E-state index contributed by atoms with van der Waals surface area (Å²) >= 11 is 0. The lowest BCUT2D eigenvalue weighted by atomic mass is 10.3. The second-order valence-electron chi connectivity index (χ2n) is 2.06. The van der Waals surface area contributed by atoms with Crippen molar-refractivity contribution in [1.29, 1.82) is 0 Å². The molecule has 11 heavy (non-hydrogen) atoms. The van der Waals surface area contributed by atoms with Crippen molar-refractivity contribution >= 4 is 8.58 Å². The van der Waals surface area contributed by atoms with Crippen molar-refractivity contribution in [2.24, 2.45) is 0 Å². The van der Waals surface area contributed by atoms with E-state index in [0.29, 0.717) is 0 Å². The second kappa shape index (κ2) is 5.86. The topological polar surface area (TPSA) is 58.9 Å². The zero-order valence-corrected chi connectivity index (χ0v) is 7.94. The normalized spacial score (nSPS) is 18.0. The maximum atomic E-state index is 9.28. The molecule has 0 aromatic rings. The average molecular weight is 182 g/mol. The van der Waals surface area contributed by atoms with Crippen LogP contribution in [0.15, 0.2) is 0 Å². The van der Waals surface area contributed by atoms with E-state index in [4.69, 9.17) is 14.6 Å². The lowest BCUT2D eigenvalue weighted by Gasteiger charge is -2.23. The van der Waals surface area contributed by atoms with Gasteiger partial charge in [0.15, 0.2) is 6.29 Å². The zero-order valence-electron chi connectivity index (χ0n) is 6.94. The smallest absolute Gasteiger partial charge is 0.185 e. The van der Waals surface area contributed by atoms with Gasteiger partial charge in [-0.3, -0.25) is 0 Å². The molecule has 0 aromatic carbocycles. The van der Waals surface area contributed by atoms with E-state index in [9.17, 15) is 5.11 Å². The highest BCUT2D eigenvalue weighted by Crippen LogP contribution is 2.18. The number of hydrogen-bond acceptors (Lipinski definition) is 4. The molecule has 0 spiro atoms. The molecular formula is C6H15O4P. The summed E-state index contributed by atoms with van der Waals surface area (Å²) in [5.74, 6) is -0.764. The van der Waals surface area contributed by atoms with Crippen molar-refractivity contribution < 1.29 is 19.7 Å². The van der Waals surface area contributed by atoms with E-state index >= 15 is 0 Å². The molecule has 0 fully saturated rings. The number of rotatable bonds is 5. The summed E-state index contributed by atoms with van der Waals surface area (Å²) in [5.41, 5.74) is 0. The van der Waals surface area contributed by atoms with Gasteiger partial charge in [0, 0.05) is 14.2 Å². The molecule has 0 saturated heterocycles. The highest BCUT2D eigenvalue weighted by molar-refractivity contribution is 7.37. The summed E-state index contributed by atoms with van der Waals surface area (Å²) in [6, 6.07) is 0. The molecule has 0 amide bonds. The van der Waals surface area contributed by atoms with Gasteiger partial charge in [0.05, 0.1) is 0 Å². The molecule has 0 radical (unpaired) electrons. The fourth-order valence-electron chi connectivity index (χ4n) is 0.695. The summed E-state index contributed by atoms with van der Waals surface area (Å²) in [4.78, 5) is 0. The largest absolute Gasteiger partial charge is 0.386 e. The maximum Gasteiger partial charge on any atom is 0.185 e. The molecule has 68 valence electrons. The number of aliphatic hydroxyl groups is 2. The van der Waals surface area contributed by atoms with Gasteiger partial charge in [0.25, 0.3) is 0 Å². The third kappa shape index (κ3) is 3.45. The summed E-state index contributed by atoms with van der Waals surface area (Å²) in [7, 11) is 3.10. The van der Waals surface area contributed by atoms with Gasteiger partial charge in [-0.15, -0.1) is 0 Å². The fourth-order valence-corrected chi connectivity index (χ4v) is 1.19. The predicted octanol–water partition coefficient (Wildman–Crippen LogP) is -0.407. The van der Waals surface area contributed by atoms with Gasteiger partial charge in [-0.2, -0.15) is 0 Å². The molecule has 0 aliphatic rings. The lowest BCUT2D eigenvalue weighted by Crippen LogP contribution is -2.37. The van der Waals surface area contributed by atoms with E-state index in [1.54, 1.807) is 6.66 Å². The number of hydrogen-bond donors (Lipinski definition) is 2. The van der Waals surface area contributed by atoms with E-state index in [-0.39, 0.29) is 8.58 Å². The van der Waals surface area contributed by atoms with Crippen LogP contribution in [0.2, 0.25) is 0 Å². The first-order valence-electron chi connectivity index (χ1n) is 3.26. The molecule has 0 bridgehead atoms. The summed E-state index contributed by atoms with van der Waals surface area (Å²) in [6.07, 6.45) is -1.70. The summed E-state index contributed by atoms with van der Waals surface area (Å²) < 4.78 is 9.51. The van der Waals surface area contributed by atoms with Crippen LogP contribution in [-0.4, -0.2) is 49.3 Å². The van der Waals surface area contributed by atoms with Gasteiger partial charge in [-0.05, 0) is 6.66 Å². The van der Waals surface area contributed by atoms with Crippen LogP contribution >= 0.6 is 8.58 Å². The van der Waals surface area contributed by atoms with Crippen LogP contribution in [-0.2, 0) is 9.47 Å². The number of ether oxygens (including phenoxy) is 2. The first-order chi connectivity index (χ1) is 5.17. The first-order valence-corrected chi connectivity index (χ1v) is 4.84. The van der Waals surface area contributed by atoms with Gasteiger partial charge >= 0.3 is 0 Å². The van der Waals surface area contributed by atoms with Crippen LogP contribution in [0.3, 0.4) is 0 Å². The Kier molecular flexibility index (Phi) is 6.01. The highest BCUT2D eigenvalue weighted by atomic mass is 31.1. The highest BCUT2D eigenvalue weighted by Gasteiger charge is 2.24. The standard InChI is InChI=1S/C6H15O4P/c1-9-6(10-2)4(7)5(8)11-3/h4-8,11H,1-3H3. The van der Waals surface area contributed by atoms with Crippen LogP contribution in [0, 0.1) is 0 Å². The van der Waals surface area contributed by atoms with E-state index < -0.39 is 18.2 Å². The monoisotopic (exact) mass is 182 g/mol. The molecule has 3 unspecified atom stereocenters. The van der Waals surface area contributed by atoms with Gasteiger partial charge in [-0.1, -0.05) is 8.58 Å². The van der Waals surface area contributed by atoms with Crippen LogP contribution in [0.1, 0.15) is 0 Å². The van der Waals surface area contributed by atoms with Crippen molar-refractivity contribution in [1.82, 2.24) is 0 Å². The Morgan fingerprint density at radius 1 is 1.18 bits per heavy atom. The van der Waals surface area contributed by atoms with Crippen LogP contribution in [0.4, 0.5) is 0 Å². The lowest BCUT2D eigenvalue weighted by molar-refractivity contribution is -0.178. The predicted molar refractivity (Wildman–Crippen MR) is 44.1 cm³/mol. The molecule has 0 aromatic heterocycles. The Hall–Kier alpha value is 0.270. The Morgan fingerprint density at radius 3 is 1.91 bits per heavy atom. The number of aliphatic hydroxyl groups excluding tert-OH is 2. The quantitative estimate of drug-likeness (QED) is 0.448. The minimum absolute atomic E-state index is 0.256. The Bertz CT molecular complexity index is 96.6.